The molecule has 0 N–H and O–H groups in total. The van der Waals surface area contributed by atoms with E-state index in [0.717, 1.165) is 0 Å². The molecule has 0 rings (SSSR count). The summed E-state index contributed by atoms with van der Waals surface area (Å²) in [5, 5.41) is 0. The van der Waals surface area contributed by atoms with Gasteiger partial charge >= 0.3 is 0 Å². The summed E-state index contributed by atoms with van der Waals surface area (Å²) in [4.78, 5) is 0. The van der Waals surface area contributed by atoms with E-state index in [1.165, 1.54) is 0 Å². The van der Waals surface area contributed by atoms with Crippen molar-refractivity contribution in [1.29, 1.82) is 0 Å². The van der Waals surface area contributed by atoms with Crippen molar-refractivity contribution in [3.8, 4) is 0 Å². The maximum atomic E-state index is 9.65. The zero-order chi connectivity index (χ0) is 5.21. The van der Waals surface area contributed by atoms with Crippen molar-refractivity contribution < 1.29 is 8.42 Å². The van der Waals surface area contributed by atoms with Crippen molar-refractivity contribution in [3.63, 3.8) is 0 Å². The summed E-state index contributed by atoms with van der Waals surface area (Å²) in [6.45, 7) is 0. The van der Waals surface area contributed by atoms with Gasteiger partial charge in [-0.25, -0.2) is 0 Å². The molecule has 0 aliphatic heterocycles. The fourth-order valence-corrected chi connectivity index (χ4v) is 0. The zero-order valence-electron chi connectivity index (χ0n) is 2.46. The van der Waals surface area contributed by atoms with Crippen LogP contribution < -0.4 is 0 Å². The summed E-state index contributed by atoms with van der Waals surface area (Å²) in [5.41, 5.74) is 0. The number of hydrogen-bond acceptors (Lipinski definition) is 4. The molecule has 0 spiro atoms. The topological polar surface area (TPSA) is 34.1 Å². The van der Waals surface area contributed by atoms with E-state index in [1.807, 2.05) is 0 Å². The van der Waals surface area contributed by atoms with Crippen LogP contribution in [0, 0.1) is 0 Å². The highest BCUT2D eigenvalue weighted by molar-refractivity contribution is 9.06. The summed E-state index contributed by atoms with van der Waals surface area (Å²) in [6, 6.07) is 0. The Hall–Kier alpha value is 0.940. The zero-order valence-corrected chi connectivity index (χ0v) is 5.74. The SMILES string of the molecule is O=S(=O)(Cl)SS. The molecular weight excluding hydrogens is 164 g/mol. The van der Waals surface area contributed by atoms with Crippen molar-refractivity contribution in [2.24, 2.45) is 0 Å². The van der Waals surface area contributed by atoms with Crippen molar-refractivity contribution in [3.05, 3.63) is 0 Å². The van der Waals surface area contributed by atoms with Crippen LogP contribution in [-0.4, -0.2) is 8.42 Å². The fraction of sp³-hybridized carbons (Fsp3) is 0. The molecule has 0 unspecified atom stereocenters. The smallest absolute Gasteiger partial charge is 0.200 e. The summed E-state index contributed by atoms with van der Waals surface area (Å²) >= 11 is 3.30. The first-order chi connectivity index (χ1) is 2.56. The molecule has 6 heteroatoms. The van der Waals surface area contributed by atoms with Gasteiger partial charge in [0, 0.05) is 10.7 Å². The third-order valence-corrected chi connectivity index (χ3v) is 3.93. The van der Waals surface area contributed by atoms with Crippen LogP contribution in [-0.2, 0) is 8.08 Å². The molecule has 0 aliphatic carbocycles. The Bertz CT molecular complexity index is 111. The lowest BCUT2D eigenvalue weighted by molar-refractivity contribution is 0.622. The van der Waals surface area contributed by atoms with Gasteiger partial charge < -0.3 is 0 Å². The highest BCUT2D eigenvalue weighted by atomic mass is 35.8. The molecule has 38 valence electrons. The number of thiol groups is 1. The Kier molecular flexibility index (Phi) is 2.66. The van der Waals surface area contributed by atoms with Crippen molar-refractivity contribution in [2.75, 3.05) is 0 Å². The second kappa shape index (κ2) is 2.30. The van der Waals surface area contributed by atoms with E-state index >= 15 is 0 Å². The van der Waals surface area contributed by atoms with E-state index in [2.05, 4.69) is 22.3 Å². The average molecular weight is 165 g/mol. The largest absolute Gasteiger partial charge is 0.295 e. The van der Waals surface area contributed by atoms with Gasteiger partial charge in [-0.05, 0) is 0 Å². The van der Waals surface area contributed by atoms with E-state index in [-0.39, 0.29) is 0 Å². The Morgan fingerprint density at radius 3 is 1.83 bits per heavy atom. The molecule has 0 bridgehead atoms. The predicted octanol–water partition coefficient (Wildman–Crippen LogP) is 1.05. The normalized spacial score (nSPS) is 11.7. The Morgan fingerprint density at radius 2 is 1.83 bits per heavy atom. The first kappa shape index (κ1) is 6.94. The van der Waals surface area contributed by atoms with Gasteiger partial charge in [0.15, 0.2) is 0 Å². The van der Waals surface area contributed by atoms with Crippen LogP contribution in [0.4, 0.5) is 0 Å². The molecule has 0 radical (unpaired) electrons. The van der Waals surface area contributed by atoms with Gasteiger partial charge in [0.05, 0.1) is 9.83 Å². The molecule has 0 aromatic carbocycles. The second-order valence-corrected chi connectivity index (χ2v) is 6.28. The van der Waals surface area contributed by atoms with Gasteiger partial charge in [0.2, 0.25) is 0 Å². The van der Waals surface area contributed by atoms with Crippen LogP contribution in [0.25, 0.3) is 0 Å². The van der Waals surface area contributed by atoms with Gasteiger partial charge in [0.1, 0.15) is 0 Å². The van der Waals surface area contributed by atoms with Gasteiger partial charge in [-0.2, -0.15) is 8.42 Å². The number of halogens is 1. The minimum absolute atomic E-state index is 0.314. The molecule has 0 saturated carbocycles. The maximum absolute atomic E-state index is 9.65. The number of rotatable bonds is 1. The van der Waals surface area contributed by atoms with Crippen LogP contribution in [0.5, 0.6) is 0 Å². The maximum Gasteiger partial charge on any atom is 0.295 e. The van der Waals surface area contributed by atoms with E-state index in [1.54, 1.807) is 0 Å². The molecule has 2 nitrogen and oxygen atoms in total. The van der Waals surface area contributed by atoms with E-state index < -0.39 is 8.08 Å². The van der Waals surface area contributed by atoms with Gasteiger partial charge in [0.25, 0.3) is 8.08 Å². The molecular formula is HClO2S3. The molecule has 0 saturated heterocycles. The first-order valence-electron chi connectivity index (χ1n) is 0.837. The molecule has 0 amide bonds. The van der Waals surface area contributed by atoms with Crippen molar-refractivity contribution in [1.82, 2.24) is 0 Å². The Labute approximate surface area is 48.9 Å². The fourth-order valence-electron chi connectivity index (χ4n) is 0. The third kappa shape index (κ3) is 4.94. The molecule has 0 aromatic heterocycles. The predicted molar refractivity (Wildman–Crippen MR) is 31.3 cm³/mol. The van der Waals surface area contributed by atoms with Gasteiger partial charge in [-0.1, -0.05) is 11.7 Å². The highest BCUT2D eigenvalue weighted by Gasteiger charge is 1.97. The van der Waals surface area contributed by atoms with Crippen LogP contribution >= 0.6 is 32.2 Å². The molecule has 0 heterocycles. The van der Waals surface area contributed by atoms with E-state index in [4.69, 9.17) is 0 Å². The first-order valence-corrected chi connectivity index (χ1v) is 5.53. The van der Waals surface area contributed by atoms with Gasteiger partial charge in [-0.3, -0.25) is 0 Å². The van der Waals surface area contributed by atoms with Crippen LogP contribution in [0.15, 0.2) is 0 Å². The third-order valence-electron chi connectivity index (χ3n) is 0.0890. The summed E-state index contributed by atoms with van der Waals surface area (Å²) in [7, 11) is 1.48. The summed E-state index contributed by atoms with van der Waals surface area (Å²) < 4.78 is 19.3. The average Bonchev–Trinajstić information content (AvgIpc) is 1.35. The molecule has 0 atom stereocenters. The lowest BCUT2D eigenvalue weighted by Gasteiger charge is -1.75. The molecule has 0 fully saturated rings. The van der Waals surface area contributed by atoms with Crippen molar-refractivity contribution in [2.45, 2.75) is 0 Å². The standard InChI is InChI=1S/ClHO2S3/c1-6(2,3)5-4/h4H. The summed E-state index contributed by atoms with van der Waals surface area (Å²) in [5.74, 6) is 0. The van der Waals surface area contributed by atoms with E-state index in [0.29, 0.717) is 9.83 Å². The van der Waals surface area contributed by atoms with Crippen LogP contribution in [0.1, 0.15) is 0 Å². The quantitative estimate of drug-likeness (QED) is 0.358. The highest BCUT2D eigenvalue weighted by Crippen LogP contribution is 2.19. The number of hydrogen-bond donors (Lipinski definition) is 1. The lowest BCUT2D eigenvalue weighted by atomic mass is 15.9. The van der Waals surface area contributed by atoms with E-state index in [9.17, 15) is 8.42 Å². The lowest BCUT2D eigenvalue weighted by Crippen LogP contribution is -1.69. The van der Waals surface area contributed by atoms with Gasteiger partial charge in [-0.15, -0.1) is 0 Å². The summed E-state index contributed by atoms with van der Waals surface area (Å²) in [6.07, 6.45) is 0. The van der Waals surface area contributed by atoms with Crippen LogP contribution in [0.3, 0.4) is 0 Å². The monoisotopic (exact) mass is 164 g/mol. The molecule has 0 aromatic rings. The molecule has 0 aliphatic rings. The Morgan fingerprint density at radius 1 is 1.67 bits per heavy atom. The van der Waals surface area contributed by atoms with Crippen molar-refractivity contribution >= 4 is 40.3 Å². The minimum Gasteiger partial charge on any atom is -0.200 e. The minimum atomic E-state index is -3.41. The van der Waals surface area contributed by atoms with Crippen LogP contribution in [0.2, 0.25) is 0 Å². The molecule has 6 heavy (non-hydrogen) atoms. The second-order valence-electron chi connectivity index (χ2n) is 0.468. The Balaban J connectivity index is 3.85.